The van der Waals surface area contributed by atoms with E-state index < -0.39 is 0 Å². The molecule has 1 aliphatic rings. The number of nitrogens with one attached hydrogen (secondary N) is 1. The topological polar surface area (TPSA) is 84.4 Å². The van der Waals surface area contributed by atoms with E-state index in [-0.39, 0.29) is 5.91 Å². The van der Waals surface area contributed by atoms with Crippen molar-refractivity contribution in [3.63, 3.8) is 0 Å². The highest BCUT2D eigenvalue weighted by atomic mass is 16.5. The molecule has 19 heavy (non-hydrogen) atoms. The van der Waals surface area contributed by atoms with E-state index in [1.165, 1.54) is 0 Å². The van der Waals surface area contributed by atoms with Crippen molar-refractivity contribution >= 4 is 5.91 Å². The number of likely N-dealkylation sites (tertiary alicyclic amines) is 1. The van der Waals surface area contributed by atoms with E-state index in [9.17, 15) is 4.79 Å². The molecular weight excluding hydrogens is 244 g/mol. The number of nitrogens with zero attached hydrogens (tertiary/aromatic N) is 2. The number of amides is 1. The Morgan fingerprint density at radius 3 is 2.74 bits per heavy atom. The minimum Gasteiger partial charge on any atom is -0.361 e. The van der Waals surface area contributed by atoms with Gasteiger partial charge >= 0.3 is 0 Å². The van der Waals surface area contributed by atoms with Crippen LogP contribution in [0.5, 0.6) is 0 Å². The average molecular weight is 266 g/mol. The lowest BCUT2D eigenvalue weighted by molar-refractivity contribution is -0.122. The summed E-state index contributed by atoms with van der Waals surface area (Å²) in [6, 6.07) is 0.293. The third kappa shape index (κ3) is 3.78. The van der Waals surface area contributed by atoms with Crippen LogP contribution in [-0.2, 0) is 11.3 Å². The number of piperidine rings is 1. The third-order valence-electron chi connectivity index (χ3n) is 3.64. The van der Waals surface area contributed by atoms with Crippen molar-refractivity contribution in [2.45, 2.75) is 39.3 Å². The third-order valence-corrected chi connectivity index (χ3v) is 3.64. The molecule has 2 rings (SSSR count). The van der Waals surface area contributed by atoms with Crippen LogP contribution in [0.25, 0.3) is 0 Å². The standard InChI is InChI=1S/C13H22N4O2/c1-9-12(10(2)19-16-9)7-15-13(18)8-17-5-3-11(14)4-6-17/h11H,3-8,14H2,1-2H3,(H,15,18). The van der Waals surface area contributed by atoms with Crippen molar-refractivity contribution in [2.75, 3.05) is 19.6 Å². The van der Waals surface area contributed by atoms with Gasteiger partial charge in [-0.2, -0.15) is 0 Å². The Bertz CT molecular complexity index is 416. The van der Waals surface area contributed by atoms with Gasteiger partial charge in [0.15, 0.2) is 0 Å². The van der Waals surface area contributed by atoms with Crippen molar-refractivity contribution in [1.29, 1.82) is 0 Å². The van der Waals surface area contributed by atoms with Gasteiger partial charge in [0.2, 0.25) is 5.91 Å². The SMILES string of the molecule is Cc1noc(C)c1CNC(=O)CN1CCC(N)CC1. The van der Waals surface area contributed by atoms with E-state index in [2.05, 4.69) is 15.4 Å². The summed E-state index contributed by atoms with van der Waals surface area (Å²) in [5.74, 6) is 0.803. The number of nitrogens with two attached hydrogens (primary N) is 1. The molecule has 1 amide bonds. The molecule has 1 aromatic rings. The zero-order valence-electron chi connectivity index (χ0n) is 11.6. The summed E-state index contributed by atoms with van der Waals surface area (Å²) >= 11 is 0. The van der Waals surface area contributed by atoms with Crippen LogP contribution >= 0.6 is 0 Å². The molecule has 1 fully saturated rings. The number of aryl methyl sites for hydroxylation is 2. The van der Waals surface area contributed by atoms with Gasteiger partial charge in [-0.3, -0.25) is 9.69 Å². The van der Waals surface area contributed by atoms with E-state index >= 15 is 0 Å². The Labute approximate surface area is 113 Å². The molecule has 1 aliphatic heterocycles. The number of aromatic nitrogens is 1. The Balaban J connectivity index is 1.76. The first-order valence-electron chi connectivity index (χ1n) is 6.72. The largest absolute Gasteiger partial charge is 0.361 e. The summed E-state index contributed by atoms with van der Waals surface area (Å²) in [6.07, 6.45) is 1.94. The molecule has 0 unspecified atom stereocenters. The van der Waals surface area contributed by atoms with Crippen molar-refractivity contribution in [3.05, 3.63) is 17.0 Å². The van der Waals surface area contributed by atoms with Crippen molar-refractivity contribution in [3.8, 4) is 0 Å². The van der Waals surface area contributed by atoms with Crippen molar-refractivity contribution in [2.24, 2.45) is 5.73 Å². The molecule has 0 aliphatic carbocycles. The summed E-state index contributed by atoms with van der Waals surface area (Å²) in [6.45, 7) is 6.46. The zero-order chi connectivity index (χ0) is 13.8. The van der Waals surface area contributed by atoms with Crippen LogP contribution in [0.2, 0.25) is 0 Å². The lowest BCUT2D eigenvalue weighted by atomic mass is 10.1. The Morgan fingerprint density at radius 1 is 1.47 bits per heavy atom. The second kappa shape index (κ2) is 6.16. The number of carbonyl (C=O) groups is 1. The molecule has 0 aromatic carbocycles. The minimum absolute atomic E-state index is 0.0375. The molecule has 6 nitrogen and oxygen atoms in total. The van der Waals surface area contributed by atoms with E-state index in [1.807, 2.05) is 13.8 Å². The van der Waals surface area contributed by atoms with Crippen LogP contribution in [0.15, 0.2) is 4.52 Å². The number of hydrogen-bond acceptors (Lipinski definition) is 5. The molecule has 0 atom stereocenters. The normalized spacial score (nSPS) is 17.6. The molecule has 0 spiro atoms. The van der Waals surface area contributed by atoms with Gasteiger partial charge in [-0.15, -0.1) is 0 Å². The van der Waals surface area contributed by atoms with E-state index in [1.54, 1.807) is 0 Å². The highest BCUT2D eigenvalue weighted by molar-refractivity contribution is 5.78. The molecule has 0 radical (unpaired) electrons. The van der Waals surface area contributed by atoms with Crippen LogP contribution in [0.1, 0.15) is 29.9 Å². The Hall–Kier alpha value is -1.40. The summed E-state index contributed by atoms with van der Waals surface area (Å²) in [4.78, 5) is 14.0. The predicted octanol–water partition coefficient (Wildman–Crippen LogP) is 0.331. The van der Waals surface area contributed by atoms with Crippen LogP contribution in [-0.4, -0.2) is 41.6 Å². The molecule has 106 valence electrons. The van der Waals surface area contributed by atoms with Crippen LogP contribution in [0.3, 0.4) is 0 Å². The molecular formula is C13H22N4O2. The minimum atomic E-state index is 0.0375. The summed E-state index contributed by atoms with van der Waals surface area (Å²) in [5.41, 5.74) is 7.64. The van der Waals surface area contributed by atoms with Gasteiger partial charge in [-0.05, 0) is 26.7 Å². The van der Waals surface area contributed by atoms with Gasteiger partial charge in [0.1, 0.15) is 5.76 Å². The fourth-order valence-corrected chi connectivity index (χ4v) is 2.31. The quantitative estimate of drug-likeness (QED) is 0.820. The molecule has 3 N–H and O–H groups in total. The summed E-state index contributed by atoms with van der Waals surface area (Å²) < 4.78 is 5.06. The van der Waals surface area contributed by atoms with Gasteiger partial charge in [0.05, 0.1) is 12.2 Å². The maximum Gasteiger partial charge on any atom is 0.234 e. The Morgan fingerprint density at radius 2 is 2.16 bits per heavy atom. The zero-order valence-corrected chi connectivity index (χ0v) is 11.6. The predicted molar refractivity (Wildman–Crippen MR) is 71.5 cm³/mol. The molecule has 6 heteroatoms. The van der Waals surface area contributed by atoms with Gasteiger partial charge in [-0.1, -0.05) is 5.16 Å². The van der Waals surface area contributed by atoms with Crippen LogP contribution < -0.4 is 11.1 Å². The molecule has 1 aromatic heterocycles. The number of rotatable bonds is 4. The fraction of sp³-hybridized carbons (Fsp3) is 0.692. The van der Waals surface area contributed by atoms with E-state index in [0.717, 1.165) is 42.9 Å². The first-order valence-corrected chi connectivity index (χ1v) is 6.72. The first kappa shape index (κ1) is 14.0. The van der Waals surface area contributed by atoms with Crippen LogP contribution in [0.4, 0.5) is 0 Å². The Kier molecular flexibility index (Phi) is 4.55. The van der Waals surface area contributed by atoms with Crippen molar-refractivity contribution in [1.82, 2.24) is 15.4 Å². The highest BCUT2D eigenvalue weighted by Gasteiger charge is 2.18. The van der Waals surface area contributed by atoms with Gasteiger partial charge in [0.25, 0.3) is 0 Å². The second-order valence-electron chi connectivity index (χ2n) is 5.19. The lowest BCUT2D eigenvalue weighted by Crippen LogP contribution is -2.44. The fourth-order valence-electron chi connectivity index (χ4n) is 2.31. The number of carbonyl (C=O) groups excluding carboxylic acids is 1. The van der Waals surface area contributed by atoms with E-state index in [4.69, 9.17) is 10.3 Å². The smallest absolute Gasteiger partial charge is 0.234 e. The molecule has 0 bridgehead atoms. The van der Waals surface area contributed by atoms with Crippen LogP contribution in [0, 0.1) is 13.8 Å². The second-order valence-corrected chi connectivity index (χ2v) is 5.19. The van der Waals surface area contributed by atoms with Gasteiger partial charge in [0, 0.05) is 31.2 Å². The van der Waals surface area contributed by atoms with Crippen molar-refractivity contribution < 1.29 is 9.32 Å². The monoisotopic (exact) mass is 266 g/mol. The molecule has 1 saturated heterocycles. The summed E-state index contributed by atoms with van der Waals surface area (Å²) in [5, 5.41) is 6.78. The highest BCUT2D eigenvalue weighted by Crippen LogP contribution is 2.11. The lowest BCUT2D eigenvalue weighted by Gasteiger charge is -2.29. The van der Waals surface area contributed by atoms with Gasteiger partial charge in [-0.25, -0.2) is 0 Å². The molecule has 0 saturated carbocycles. The number of hydrogen-bond donors (Lipinski definition) is 2. The van der Waals surface area contributed by atoms with E-state index in [0.29, 0.717) is 19.1 Å². The summed E-state index contributed by atoms with van der Waals surface area (Å²) in [7, 11) is 0. The van der Waals surface area contributed by atoms with Gasteiger partial charge < -0.3 is 15.6 Å². The maximum atomic E-state index is 11.9. The molecule has 2 heterocycles. The average Bonchev–Trinajstić information content (AvgIpc) is 2.70. The first-order chi connectivity index (χ1) is 9.06. The maximum absolute atomic E-state index is 11.9.